The van der Waals surface area contributed by atoms with Crippen LogP contribution in [0, 0.1) is 0 Å². The molecule has 1 fully saturated rings. The zero-order valence-corrected chi connectivity index (χ0v) is 17.0. The molecule has 0 radical (unpaired) electrons. The Morgan fingerprint density at radius 2 is 1.67 bits per heavy atom. The van der Waals surface area contributed by atoms with Crippen LogP contribution >= 0.6 is 11.8 Å². The van der Waals surface area contributed by atoms with Gasteiger partial charge < -0.3 is 10.1 Å². The zero-order valence-electron chi connectivity index (χ0n) is 16.2. The molecule has 1 aliphatic heterocycles. The molecule has 2 aromatic carbocycles. The number of rotatable bonds is 5. The van der Waals surface area contributed by atoms with E-state index in [0.29, 0.717) is 11.4 Å². The molecule has 6 nitrogen and oxygen atoms in total. The van der Waals surface area contributed by atoms with Crippen LogP contribution in [0.3, 0.4) is 0 Å². The summed E-state index contributed by atoms with van der Waals surface area (Å²) in [6.45, 7) is 0.150. The summed E-state index contributed by atoms with van der Waals surface area (Å²) in [4.78, 5) is 31.6. The molecule has 1 aliphatic rings. The van der Waals surface area contributed by atoms with E-state index in [9.17, 15) is 9.59 Å². The molecule has 152 valence electrons. The maximum Gasteiger partial charge on any atom is 0.412 e. The van der Waals surface area contributed by atoms with E-state index in [4.69, 9.17) is 4.74 Å². The maximum absolute atomic E-state index is 13.1. The molecule has 2 amide bonds. The third-order valence-electron chi connectivity index (χ3n) is 4.75. The maximum atomic E-state index is 13.1. The van der Waals surface area contributed by atoms with Crippen molar-refractivity contribution in [3.05, 3.63) is 96.3 Å². The third-order valence-corrected chi connectivity index (χ3v) is 6.07. The fourth-order valence-electron chi connectivity index (χ4n) is 3.26. The van der Waals surface area contributed by atoms with Gasteiger partial charge in [0.15, 0.2) is 0 Å². The van der Waals surface area contributed by atoms with Gasteiger partial charge in [0.05, 0.1) is 0 Å². The van der Waals surface area contributed by atoms with Crippen LogP contribution in [-0.4, -0.2) is 33.7 Å². The largest absolute Gasteiger partial charge is 0.444 e. The average molecular weight is 420 g/mol. The van der Waals surface area contributed by atoms with Gasteiger partial charge >= 0.3 is 6.09 Å². The topological polar surface area (TPSA) is 71.5 Å². The SMILES string of the molecule is O=C(Nc1ccccc1)[C@@H]1CSC(c2ccncc2)N1C(=O)OCc1ccccc1. The minimum atomic E-state index is -0.642. The summed E-state index contributed by atoms with van der Waals surface area (Å²) in [6.07, 6.45) is 2.85. The van der Waals surface area contributed by atoms with Gasteiger partial charge in [0, 0.05) is 23.8 Å². The molecule has 30 heavy (non-hydrogen) atoms. The van der Waals surface area contributed by atoms with E-state index in [2.05, 4.69) is 10.3 Å². The molecular formula is C23H21N3O3S. The second-order valence-electron chi connectivity index (χ2n) is 6.78. The van der Waals surface area contributed by atoms with E-state index >= 15 is 0 Å². The molecule has 1 saturated heterocycles. The van der Waals surface area contributed by atoms with Crippen LogP contribution < -0.4 is 5.32 Å². The Hall–Kier alpha value is -3.32. The van der Waals surface area contributed by atoms with Crippen molar-refractivity contribution >= 4 is 29.4 Å². The lowest BCUT2D eigenvalue weighted by Gasteiger charge is -2.28. The van der Waals surface area contributed by atoms with Gasteiger partial charge in [0.25, 0.3) is 0 Å². The highest BCUT2D eigenvalue weighted by Gasteiger charge is 2.43. The molecule has 2 atom stereocenters. The van der Waals surface area contributed by atoms with Crippen LogP contribution in [0.25, 0.3) is 0 Å². The predicted molar refractivity (Wildman–Crippen MR) is 117 cm³/mol. The molecule has 0 bridgehead atoms. The summed E-state index contributed by atoms with van der Waals surface area (Å²) < 4.78 is 5.57. The van der Waals surface area contributed by atoms with Crippen molar-refractivity contribution in [3.63, 3.8) is 0 Å². The number of thioether (sulfide) groups is 1. The van der Waals surface area contributed by atoms with Gasteiger partial charge in [-0.1, -0.05) is 48.5 Å². The lowest BCUT2D eigenvalue weighted by Crippen LogP contribution is -2.45. The molecule has 1 aromatic heterocycles. The Labute approximate surface area is 179 Å². The number of ether oxygens (including phenoxy) is 1. The summed E-state index contributed by atoms with van der Waals surface area (Å²) in [6, 6.07) is 21.8. The van der Waals surface area contributed by atoms with Crippen LogP contribution in [0.1, 0.15) is 16.5 Å². The minimum Gasteiger partial charge on any atom is -0.444 e. The van der Waals surface area contributed by atoms with Crippen LogP contribution in [0.15, 0.2) is 85.2 Å². The van der Waals surface area contributed by atoms with Crippen molar-refractivity contribution in [3.8, 4) is 0 Å². The molecule has 0 aliphatic carbocycles. The average Bonchev–Trinajstić information content (AvgIpc) is 3.25. The van der Waals surface area contributed by atoms with Gasteiger partial charge in [-0.3, -0.25) is 14.7 Å². The highest BCUT2D eigenvalue weighted by molar-refractivity contribution is 7.99. The molecule has 2 heterocycles. The summed E-state index contributed by atoms with van der Waals surface area (Å²) in [7, 11) is 0. The first-order chi connectivity index (χ1) is 14.7. The third kappa shape index (κ3) is 4.63. The van der Waals surface area contributed by atoms with E-state index in [1.165, 1.54) is 16.7 Å². The monoisotopic (exact) mass is 419 g/mol. The molecule has 7 heteroatoms. The van der Waals surface area contributed by atoms with E-state index in [-0.39, 0.29) is 17.9 Å². The first-order valence-corrected chi connectivity index (χ1v) is 10.6. The molecular weight excluding hydrogens is 398 g/mol. The number of amides is 2. The highest BCUT2D eigenvalue weighted by atomic mass is 32.2. The Balaban J connectivity index is 1.54. The predicted octanol–water partition coefficient (Wildman–Crippen LogP) is 4.47. The minimum absolute atomic E-state index is 0.150. The number of nitrogens with zero attached hydrogens (tertiary/aromatic N) is 2. The second kappa shape index (κ2) is 9.45. The van der Waals surface area contributed by atoms with Crippen molar-refractivity contribution in [1.29, 1.82) is 0 Å². The Bertz CT molecular complexity index is 986. The Kier molecular flexibility index (Phi) is 6.29. The summed E-state index contributed by atoms with van der Waals surface area (Å²) in [5.74, 6) is 0.244. The lowest BCUT2D eigenvalue weighted by atomic mass is 10.2. The first-order valence-electron chi connectivity index (χ1n) is 9.59. The lowest BCUT2D eigenvalue weighted by molar-refractivity contribution is -0.120. The first kappa shape index (κ1) is 20.0. The number of anilines is 1. The van der Waals surface area contributed by atoms with Gasteiger partial charge in [-0.25, -0.2) is 4.79 Å². The molecule has 0 saturated carbocycles. The molecule has 3 aromatic rings. The van der Waals surface area contributed by atoms with Crippen molar-refractivity contribution < 1.29 is 14.3 Å². The van der Waals surface area contributed by atoms with Gasteiger partial charge in [0.1, 0.15) is 18.0 Å². The number of carbonyl (C=O) groups is 2. The van der Waals surface area contributed by atoms with Crippen molar-refractivity contribution in [2.75, 3.05) is 11.1 Å². The second-order valence-corrected chi connectivity index (χ2v) is 7.90. The van der Waals surface area contributed by atoms with Gasteiger partial charge in [0.2, 0.25) is 5.91 Å². The number of benzene rings is 2. The highest BCUT2D eigenvalue weighted by Crippen LogP contribution is 2.42. The van der Waals surface area contributed by atoms with Crippen LogP contribution in [0.4, 0.5) is 10.5 Å². The summed E-state index contributed by atoms with van der Waals surface area (Å²) in [5, 5.41) is 2.58. The van der Waals surface area contributed by atoms with Gasteiger partial charge in [-0.15, -0.1) is 11.8 Å². The van der Waals surface area contributed by atoms with Gasteiger partial charge in [-0.05, 0) is 35.4 Å². The van der Waals surface area contributed by atoms with E-state index < -0.39 is 12.1 Å². The van der Waals surface area contributed by atoms with Gasteiger partial charge in [-0.2, -0.15) is 0 Å². The van der Waals surface area contributed by atoms with E-state index in [1.807, 2.05) is 72.8 Å². The fraction of sp³-hybridized carbons (Fsp3) is 0.174. The van der Waals surface area contributed by atoms with Crippen molar-refractivity contribution in [2.24, 2.45) is 0 Å². The smallest absolute Gasteiger partial charge is 0.412 e. The summed E-state index contributed by atoms with van der Waals surface area (Å²) in [5.41, 5.74) is 2.49. The number of aromatic nitrogens is 1. The molecule has 0 spiro atoms. The number of nitrogens with one attached hydrogen (secondary N) is 1. The Morgan fingerprint density at radius 3 is 2.37 bits per heavy atom. The van der Waals surface area contributed by atoms with Crippen LogP contribution in [-0.2, 0) is 16.1 Å². The standard InChI is InChI=1S/C23H21N3O3S/c27-21(25-19-9-5-2-6-10-19)20-16-30-22(18-11-13-24-14-12-18)26(20)23(28)29-15-17-7-3-1-4-8-17/h1-14,20,22H,15-16H2,(H,25,27)/t20-,22?/m0/s1. The van der Waals surface area contributed by atoms with Crippen molar-refractivity contribution in [2.45, 2.75) is 18.0 Å². The number of pyridine rings is 1. The normalized spacial score (nSPS) is 18.1. The molecule has 1 N–H and O–H groups in total. The number of para-hydroxylation sites is 1. The fourth-order valence-corrected chi connectivity index (χ4v) is 4.68. The molecule has 1 unspecified atom stereocenters. The van der Waals surface area contributed by atoms with E-state index in [0.717, 1.165) is 11.1 Å². The molecule has 4 rings (SSSR count). The number of hydrogen-bond donors (Lipinski definition) is 1. The zero-order chi connectivity index (χ0) is 20.8. The summed E-state index contributed by atoms with van der Waals surface area (Å²) >= 11 is 1.54. The van der Waals surface area contributed by atoms with E-state index in [1.54, 1.807) is 12.4 Å². The van der Waals surface area contributed by atoms with Crippen LogP contribution in [0.2, 0.25) is 0 Å². The van der Waals surface area contributed by atoms with Crippen molar-refractivity contribution in [1.82, 2.24) is 9.88 Å². The Morgan fingerprint density at radius 1 is 1.00 bits per heavy atom. The van der Waals surface area contributed by atoms with Crippen LogP contribution in [0.5, 0.6) is 0 Å². The number of hydrogen-bond acceptors (Lipinski definition) is 5. The quantitative estimate of drug-likeness (QED) is 0.661. The number of carbonyl (C=O) groups excluding carboxylic acids is 2.